The van der Waals surface area contributed by atoms with E-state index < -0.39 is 0 Å². The summed E-state index contributed by atoms with van der Waals surface area (Å²) in [5.74, 6) is 1.12. The first-order valence-electron chi connectivity index (χ1n) is 4.98. The van der Waals surface area contributed by atoms with Gasteiger partial charge in [-0.25, -0.2) is 0 Å². The van der Waals surface area contributed by atoms with Crippen molar-refractivity contribution in [1.82, 2.24) is 0 Å². The summed E-state index contributed by atoms with van der Waals surface area (Å²) in [6.45, 7) is 5.25. The Morgan fingerprint density at radius 1 is 1.31 bits per heavy atom. The first kappa shape index (κ1) is 8.61. The molecule has 0 fully saturated rings. The molecule has 0 amide bonds. The molecule has 70 valence electrons. The zero-order chi connectivity index (χ0) is 9.26. The summed E-state index contributed by atoms with van der Waals surface area (Å²) in [6.07, 6.45) is 7.74. The van der Waals surface area contributed by atoms with Gasteiger partial charge in [0.1, 0.15) is 5.76 Å². The third-order valence-corrected chi connectivity index (χ3v) is 2.71. The van der Waals surface area contributed by atoms with E-state index in [0.29, 0.717) is 0 Å². The fraction of sp³-hybridized carbons (Fsp3) is 0.500. The Morgan fingerprint density at radius 2 is 2.15 bits per heavy atom. The van der Waals surface area contributed by atoms with Gasteiger partial charge in [0.25, 0.3) is 0 Å². The maximum atomic E-state index is 5.62. The summed E-state index contributed by atoms with van der Waals surface area (Å²) in [5.41, 5.74) is 4.44. The average Bonchev–Trinajstić information content (AvgIpc) is 2.17. The fourth-order valence-corrected chi connectivity index (χ4v) is 2.04. The summed E-state index contributed by atoms with van der Waals surface area (Å²) in [6, 6.07) is 0. The van der Waals surface area contributed by atoms with E-state index in [1.807, 2.05) is 0 Å². The van der Waals surface area contributed by atoms with Gasteiger partial charge in [-0.1, -0.05) is 11.6 Å². The second kappa shape index (κ2) is 3.41. The van der Waals surface area contributed by atoms with Gasteiger partial charge in [-0.05, 0) is 43.9 Å². The van der Waals surface area contributed by atoms with Crippen LogP contribution in [0.25, 0.3) is 0 Å². The first-order chi connectivity index (χ1) is 6.29. The van der Waals surface area contributed by atoms with Gasteiger partial charge >= 0.3 is 0 Å². The Labute approximate surface area is 79.8 Å². The summed E-state index contributed by atoms with van der Waals surface area (Å²) in [7, 11) is 0. The minimum atomic E-state index is 0.851. The van der Waals surface area contributed by atoms with Crippen molar-refractivity contribution < 1.29 is 4.74 Å². The Morgan fingerprint density at radius 3 is 2.92 bits per heavy atom. The van der Waals surface area contributed by atoms with Crippen molar-refractivity contribution in [2.24, 2.45) is 0 Å². The molecular weight excluding hydrogens is 160 g/mol. The molecule has 0 aromatic rings. The Bertz CT molecular complexity index is 294. The number of rotatable bonds is 0. The molecule has 0 unspecified atom stereocenters. The fourth-order valence-electron chi connectivity index (χ4n) is 2.04. The topological polar surface area (TPSA) is 9.23 Å². The highest BCUT2D eigenvalue weighted by Gasteiger charge is 2.19. The lowest BCUT2D eigenvalue weighted by atomic mass is 9.90. The second-order valence-corrected chi connectivity index (χ2v) is 3.86. The zero-order valence-corrected chi connectivity index (χ0v) is 8.39. The molecule has 0 bridgehead atoms. The van der Waals surface area contributed by atoms with Crippen molar-refractivity contribution in [3.63, 3.8) is 0 Å². The molecule has 0 spiro atoms. The van der Waals surface area contributed by atoms with E-state index in [0.717, 1.165) is 25.2 Å². The number of hydrogen-bond donors (Lipinski definition) is 0. The monoisotopic (exact) mass is 176 g/mol. The number of ether oxygens (including phenoxy) is 1. The van der Waals surface area contributed by atoms with Gasteiger partial charge < -0.3 is 4.74 Å². The first-order valence-corrected chi connectivity index (χ1v) is 4.98. The molecule has 13 heavy (non-hydrogen) atoms. The van der Waals surface area contributed by atoms with Gasteiger partial charge in [0.05, 0.1) is 6.61 Å². The van der Waals surface area contributed by atoms with E-state index in [1.54, 1.807) is 0 Å². The van der Waals surface area contributed by atoms with Gasteiger partial charge in [0.2, 0.25) is 0 Å². The molecule has 0 atom stereocenters. The van der Waals surface area contributed by atoms with Gasteiger partial charge in [0.15, 0.2) is 0 Å². The largest absolute Gasteiger partial charge is 0.493 e. The summed E-state index contributed by atoms with van der Waals surface area (Å²) in [5, 5.41) is 0. The normalized spacial score (nSPS) is 21.2. The van der Waals surface area contributed by atoms with Crippen LogP contribution in [-0.2, 0) is 4.74 Å². The molecular formula is C12H16O. The van der Waals surface area contributed by atoms with Gasteiger partial charge in [-0.3, -0.25) is 0 Å². The van der Waals surface area contributed by atoms with Crippen LogP contribution in [0.3, 0.4) is 0 Å². The lowest BCUT2D eigenvalue weighted by Gasteiger charge is -2.25. The maximum Gasteiger partial charge on any atom is 0.122 e. The highest BCUT2D eigenvalue weighted by Crippen LogP contribution is 2.33. The van der Waals surface area contributed by atoms with Crippen molar-refractivity contribution in [2.45, 2.75) is 33.1 Å². The van der Waals surface area contributed by atoms with Crippen LogP contribution in [0.15, 0.2) is 34.6 Å². The van der Waals surface area contributed by atoms with E-state index in [1.165, 1.54) is 23.1 Å². The van der Waals surface area contributed by atoms with Crippen LogP contribution < -0.4 is 0 Å². The van der Waals surface area contributed by atoms with Crippen molar-refractivity contribution >= 4 is 0 Å². The van der Waals surface area contributed by atoms with E-state index >= 15 is 0 Å². The SMILES string of the molecule is CC(C)=C1CCOC2=C1CCC=C2. The molecule has 1 nitrogen and oxygen atoms in total. The van der Waals surface area contributed by atoms with Crippen molar-refractivity contribution in [3.05, 3.63) is 34.6 Å². The Balaban J connectivity index is 2.42. The van der Waals surface area contributed by atoms with E-state index in [9.17, 15) is 0 Å². The van der Waals surface area contributed by atoms with E-state index in [4.69, 9.17) is 4.74 Å². The lowest BCUT2D eigenvalue weighted by Crippen LogP contribution is -2.11. The molecule has 1 aliphatic heterocycles. The van der Waals surface area contributed by atoms with Crippen LogP contribution in [0, 0.1) is 0 Å². The third-order valence-electron chi connectivity index (χ3n) is 2.71. The molecule has 0 saturated heterocycles. The van der Waals surface area contributed by atoms with Crippen LogP contribution in [0.5, 0.6) is 0 Å². The molecule has 0 N–H and O–H groups in total. The molecule has 1 heterocycles. The highest BCUT2D eigenvalue weighted by molar-refractivity contribution is 5.43. The molecule has 2 aliphatic rings. The molecule has 0 radical (unpaired) electrons. The van der Waals surface area contributed by atoms with Crippen LogP contribution in [-0.4, -0.2) is 6.61 Å². The average molecular weight is 176 g/mol. The molecule has 0 aromatic heterocycles. The number of hydrogen-bond acceptors (Lipinski definition) is 1. The molecule has 0 aromatic carbocycles. The molecule has 1 heteroatoms. The summed E-state index contributed by atoms with van der Waals surface area (Å²) < 4.78 is 5.62. The molecule has 0 saturated carbocycles. The minimum absolute atomic E-state index is 0.851. The predicted molar refractivity (Wildman–Crippen MR) is 54.3 cm³/mol. The highest BCUT2D eigenvalue weighted by atomic mass is 16.5. The maximum absolute atomic E-state index is 5.62. The Hall–Kier alpha value is -0.980. The van der Waals surface area contributed by atoms with Crippen LogP contribution in [0.2, 0.25) is 0 Å². The van der Waals surface area contributed by atoms with E-state index in [2.05, 4.69) is 26.0 Å². The summed E-state index contributed by atoms with van der Waals surface area (Å²) in [4.78, 5) is 0. The quantitative estimate of drug-likeness (QED) is 0.550. The lowest BCUT2D eigenvalue weighted by molar-refractivity contribution is 0.211. The van der Waals surface area contributed by atoms with Crippen LogP contribution in [0.1, 0.15) is 33.1 Å². The molecule has 1 aliphatic carbocycles. The number of allylic oxidation sites excluding steroid dienone is 4. The van der Waals surface area contributed by atoms with Crippen LogP contribution >= 0.6 is 0 Å². The Kier molecular flexibility index (Phi) is 2.26. The van der Waals surface area contributed by atoms with Crippen molar-refractivity contribution in [2.75, 3.05) is 6.61 Å². The second-order valence-electron chi connectivity index (χ2n) is 3.86. The van der Waals surface area contributed by atoms with E-state index in [-0.39, 0.29) is 0 Å². The standard InChI is InChI=1S/C12H16O/c1-9(2)10-7-8-13-12-6-4-3-5-11(10)12/h4,6H,3,5,7-8H2,1-2H3. The predicted octanol–water partition coefficient (Wildman–Crippen LogP) is 3.35. The summed E-state index contributed by atoms with van der Waals surface area (Å²) >= 11 is 0. The van der Waals surface area contributed by atoms with Crippen molar-refractivity contribution in [3.8, 4) is 0 Å². The smallest absolute Gasteiger partial charge is 0.122 e. The van der Waals surface area contributed by atoms with Gasteiger partial charge in [-0.15, -0.1) is 0 Å². The molecule has 2 rings (SSSR count). The van der Waals surface area contributed by atoms with Gasteiger partial charge in [-0.2, -0.15) is 0 Å². The third kappa shape index (κ3) is 1.55. The van der Waals surface area contributed by atoms with Crippen LogP contribution in [0.4, 0.5) is 0 Å². The van der Waals surface area contributed by atoms with Gasteiger partial charge in [0, 0.05) is 6.42 Å². The zero-order valence-electron chi connectivity index (χ0n) is 8.39. The van der Waals surface area contributed by atoms with Crippen molar-refractivity contribution in [1.29, 1.82) is 0 Å². The minimum Gasteiger partial charge on any atom is -0.493 e.